The molecule has 0 saturated carbocycles. The molecule has 1 atom stereocenters. The number of halogens is 1. The number of likely N-dealkylation sites (tertiary alicyclic amines) is 1. The zero-order valence-corrected chi connectivity index (χ0v) is 14.9. The SMILES string of the molecule is COc1nc(C[C@@H]2CCCN(C(=O)OC(C)(C)C)C2)ncc1Cl. The van der Waals surface area contributed by atoms with Crippen molar-refractivity contribution in [1.82, 2.24) is 14.9 Å². The lowest BCUT2D eigenvalue weighted by atomic mass is 9.94. The molecule has 1 aliphatic rings. The van der Waals surface area contributed by atoms with Gasteiger partial charge in [0.25, 0.3) is 0 Å². The summed E-state index contributed by atoms with van der Waals surface area (Å²) in [5.41, 5.74) is -0.476. The second kappa shape index (κ2) is 7.34. The Balaban J connectivity index is 1.97. The zero-order chi connectivity index (χ0) is 17.0. The Kier molecular flexibility index (Phi) is 5.68. The highest BCUT2D eigenvalue weighted by Gasteiger charge is 2.28. The first kappa shape index (κ1) is 17.8. The third-order valence-corrected chi connectivity index (χ3v) is 3.86. The molecular formula is C16H24ClN3O3. The lowest BCUT2D eigenvalue weighted by Gasteiger charge is -2.34. The summed E-state index contributed by atoms with van der Waals surface area (Å²) in [4.78, 5) is 22.5. The molecule has 0 aliphatic carbocycles. The molecule has 1 aromatic heterocycles. The first-order chi connectivity index (χ1) is 10.8. The van der Waals surface area contributed by atoms with Crippen molar-refractivity contribution in [2.45, 2.75) is 45.6 Å². The molecule has 7 heteroatoms. The molecule has 1 saturated heterocycles. The summed E-state index contributed by atoms with van der Waals surface area (Å²) in [7, 11) is 1.53. The minimum Gasteiger partial charge on any atom is -0.480 e. The van der Waals surface area contributed by atoms with Gasteiger partial charge in [-0.1, -0.05) is 11.6 Å². The van der Waals surface area contributed by atoms with Crippen molar-refractivity contribution in [1.29, 1.82) is 0 Å². The number of hydrogen-bond donors (Lipinski definition) is 0. The summed E-state index contributed by atoms with van der Waals surface area (Å²) in [6.07, 6.45) is 3.98. The van der Waals surface area contributed by atoms with Gasteiger partial charge in [0.2, 0.25) is 5.88 Å². The number of hydrogen-bond acceptors (Lipinski definition) is 5. The van der Waals surface area contributed by atoms with Crippen LogP contribution in [-0.2, 0) is 11.2 Å². The van der Waals surface area contributed by atoms with E-state index >= 15 is 0 Å². The summed E-state index contributed by atoms with van der Waals surface area (Å²) < 4.78 is 10.6. The van der Waals surface area contributed by atoms with Gasteiger partial charge in [0.1, 0.15) is 16.4 Å². The monoisotopic (exact) mass is 341 g/mol. The first-order valence-electron chi connectivity index (χ1n) is 7.82. The van der Waals surface area contributed by atoms with Gasteiger partial charge in [0, 0.05) is 19.5 Å². The Morgan fingerprint density at radius 3 is 2.87 bits per heavy atom. The highest BCUT2D eigenvalue weighted by molar-refractivity contribution is 6.31. The van der Waals surface area contributed by atoms with Crippen LogP contribution in [0, 0.1) is 5.92 Å². The van der Waals surface area contributed by atoms with E-state index < -0.39 is 5.60 Å². The fourth-order valence-corrected chi connectivity index (χ4v) is 2.78. The molecule has 0 spiro atoms. The van der Waals surface area contributed by atoms with Gasteiger partial charge in [-0.25, -0.2) is 9.78 Å². The topological polar surface area (TPSA) is 64.5 Å². The van der Waals surface area contributed by atoms with E-state index in [1.807, 2.05) is 20.8 Å². The first-order valence-corrected chi connectivity index (χ1v) is 8.19. The number of rotatable bonds is 3. The molecule has 0 radical (unpaired) electrons. The third-order valence-electron chi connectivity index (χ3n) is 3.60. The molecule has 2 rings (SSSR count). The van der Waals surface area contributed by atoms with E-state index in [1.165, 1.54) is 7.11 Å². The van der Waals surface area contributed by atoms with Gasteiger partial charge in [0.15, 0.2) is 0 Å². The van der Waals surface area contributed by atoms with Crippen LogP contribution in [0.15, 0.2) is 6.20 Å². The number of methoxy groups -OCH3 is 1. The Morgan fingerprint density at radius 2 is 2.22 bits per heavy atom. The van der Waals surface area contributed by atoms with E-state index in [2.05, 4.69) is 9.97 Å². The number of nitrogens with zero attached hydrogens (tertiary/aromatic N) is 3. The van der Waals surface area contributed by atoms with Crippen molar-refractivity contribution in [3.8, 4) is 5.88 Å². The number of carbonyl (C=O) groups excluding carboxylic acids is 1. The number of ether oxygens (including phenoxy) is 2. The van der Waals surface area contributed by atoms with Crippen molar-refractivity contribution in [2.24, 2.45) is 5.92 Å². The van der Waals surface area contributed by atoms with Crippen LogP contribution in [0.5, 0.6) is 5.88 Å². The molecule has 2 heterocycles. The smallest absolute Gasteiger partial charge is 0.410 e. The largest absolute Gasteiger partial charge is 0.480 e. The highest BCUT2D eigenvalue weighted by atomic mass is 35.5. The minimum absolute atomic E-state index is 0.253. The van der Waals surface area contributed by atoms with Gasteiger partial charge < -0.3 is 14.4 Å². The molecule has 0 bridgehead atoms. The number of piperidine rings is 1. The molecule has 128 valence electrons. The molecule has 0 aromatic carbocycles. The van der Waals surface area contributed by atoms with Crippen LogP contribution in [0.1, 0.15) is 39.4 Å². The standard InChI is InChI=1S/C16H24ClN3O3/c1-16(2,3)23-15(21)20-7-5-6-11(10-20)8-13-18-9-12(17)14(19-13)22-4/h9,11H,5-8,10H2,1-4H3/t11-/m0/s1. The zero-order valence-electron chi connectivity index (χ0n) is 14.1. The van der Waals surface area contributed by atoms with Crippen LogP contribution in [0.4, 0.5) is 4.79 Å². The lowest BCUT2D eigenvalue weighted by Crippen LogP contribution is -2.43. The van der Waals surface area contributed by atoms with Gasteiger partial charge in [-0.2, -0.15) is 4.98 Å². The van der Waals surface area contributed by atoms with Gasteiger partial charge in [0.05, 0.1) is 13.3 Å². The van der Waals surface area contributed by atoms with E-state index in [9.17, 15) is 4.79 Å². The van der Waals surface area contributed by atoms with Crippen LogP contribution in [0.25, 0.3) is 0 Å². The van der Waals surface area contributed by atoms with Gasteiger partial charge in [-0.05, 0) is 39.5 Å². The van der Waals surface area contributed by atoms with E-state index in [1.54, 1.807) is 11.1 Å². The summed E-state index contributed by atoms with van der Waals surface area (Å²) in [6, 6.07) is 0. The molecular weight excluding hydrogens is 318 g/mol. The molecule has 1 amide bonds. The normalized spacial score (nSPS) is 18.7. The Labute approximate surface area is 142 Å². The predicted octanol–water partition coefficient (Wildman–Crippen LogP) is 3.33. The van der Waals surface area contributed by atoms with Crippen LogP contribution in [0.2, 0.25) is 5.02 Å². The summed E-state index contributed by atoms with van der Waals surface area (Å²) in [5, 5.41) is 0.398. The van der Waals surface area contributed by atoms with Crippen LogP contribution >= 0.6 is 11.6 Å². The molecule has 6 nitrogen and oxygen atoms in total. The summed E-state index contributed by atoms with van der Waals surface area (Å²) in [5.74, 6) is 1.38. The highest BCUT2D eigenvalue weighted by Crippen LogP contribution is 2.24. The molecule has 1 fully saturated rings. The molecule has 23 heavy (non-hydrogen) atoms. The van der Waals surface area contributed by atoms with E-state index in [0.29, 0.717) is 35.6 Å². The van der Waals surface area contributed by atoms with Crippen LogP contribution in [0.3, 0.4) is 0 Å². The lowest BCUT2D eigenvalue weighted by molar-refractivity contribution is 0.0165. The Bertz CT molecular complexity index is 560. The fraction of sp³-hybridized carbons (Fsp3) is 0.688. The molecule has 1 aromatic rings. The maximum absolute atomic E-state index is 12.2. The predicted molar refractivity (Wildman–Crippen MR) is 87.8 cm³/mol. The van der Waals surface area contributed by atoms with Gasteiger partial charge in [-0.15, -0.1) is 0 Å². The summed E-state index contributed by atoms with van der Waals surface area (Å²) >= 11 is 5.95. The number of carbonyl (C=O) groups is 1. The van der Waals surface area contributed by atoms with E-state index in [-0.39, 0.29) is 6.09 Å². The van der Waals surface area contributed by atoms with Gasteiger partial charge in [-0.3, -0.25) is 0 Å². The number of aromatic nitrogens is 2. The average molecular weight is 342 g/mol. The Morgan fingerprint density at radius 1 is 1.48 bits per heavy atom. The molecule has 1 aliphatic heterocycles. The Hall–Kier alpha value is -1.56. The van der Waals surface area contributed by atoms with Crippen molar-refractivity contribution < 1.29 is 14.3 Å². The fourth-order valence-electron chi connectivity index (χ4n) is 2.61. The van der Waals surface area contributed by atoms with Crippen molar-refractivity contribution in [3.63, 3.8) is 0 Å². The average Bonchev–Trinajstić information content (AvgIpc) is 2.48. The maximum Gasteiger partial charge on any atom is 0.410 e. The van der Waals surface area contributed by atoms with E-state index in [4.69, 9.17) is 21.1 Å². The van der Waals surface area contributed by atoms with E-state index in [0.717, 1.165) is 19.4 Å². The third kappa shape index (κ3) is 5.23. The number of amides is 1. The van der Waals surface area contributed by atoms with Crippen LogP contribution < -0.4 is 4.74 Å². The van der Waals surface area contributed by atoms with Crippen molar-refractivity contribution >= 4 is 17.7 Å². The maximum atomic E-state index is 12.2. The quantitative estimate of drug-likeness (QED) is 0.843. The minimum atomic E-state index is -0.476. The second-order valence-corrected chi connectivity index (χ2v) is 7.19. The van der Waals surface area contributed by atoms with Crippen molar-refractivity contribution in [3.05, 3.63) is 17.0 Å². The molecule has 0 N–H and O–H groups in total. The van der Waals surface area contributed by atoms with Crippen LogP contribution in [-0.4, -0.2) is 46.8 Å². The second-order valence-electron chi connectivity index (χ2n) is 6.78. The van der Waals surface area contributed by atoms with Gasteiger partial charge >= 0.3 is 6.09 Å². The van der Waals surface area contributed by atoms with Crippen molar-refractivity contribution in [2.75, 3.05) is 20.2 Å². The molecule has 0 unspecified atom stereocenters. The summed E-state index contributed by atoms with van der Waals surface area (Å²) in [6.45, 7) is 7.01.